The highest BCUT2D eigenvalue weighted by atomic mass is 19.1. The van der Waals surface area contributed by atoms with Crippen LogP contribution in [0.15, 0.2) is 18.2 Å². The Morgan fingerprint density at radius 2 is 2.00 bits per heavy atom. The molecule has 2 rings (SSSR count). The van der Waals surface area contributed by atoms with E-state index in [4.69, 9.17) is 5.73 Å². The summed E-state index contributed by atoms with van der Waals surface area (Å²) < 4.78 is 13.2. The van der Waals surface area contributed by atoms with Gasteiger partial charge in [-0.15, -0.1) is 0 Å². The summed E-state index contributed by atoms with van der Waals surface area (Å²) in [7, 11) is 0. The Kier molecular flexibility index (Phi) is 3.26. The molecule has 0 spiro atoms. The van der Waals surface area contributed by atoms with Gasteiger partial charge in [-0.25, -0.2) is 4.39 Å². The molecule has 3 unspecified atom stereocenters. The molecule has 1 saturated carbocycles. The fourth-order valence-electron chi connectivity index (χ4n) is 3.20. The van der Waals surface area contributed by atoms with Crippen LogP contribution in [0.2, 0.25) is 0 Å². The molecule has 0 aromatic heterocycles. The smallest absolute Gasteiger partial charge is 0.123 e. The zero-order valence-electron chi connectivity index (χ0n) is 11.0. The summed E-state index contributed by atoms with van der Waals surface area (Å²) in [4.78, 5) is 0. The van der Waals surface area contributed by atoms with Crippen molar-refractivity contribution in [3.63, 3.8) is 0 Å². The van der Waals surface area contributed by atoms with E-state index in [-0.39, 0.29) is 11.4 Å². The number of benzene rings is 1. The number of rotatable bonds is 1. The summed E-state index contributed by atoms with van der Waals surface area (Å²) in [6.45, 7) is 6.43. The summed E-state index contributed by atoms with van der Waals surface area (Å²) in [5, 5.41) is 0. The van der Waals surface area contributed by atoms with Gasteiger partial charge < -0.3 is 5.73 Å². The van der Waals surface area contributed by atoms with Crippen molar-refractivity contribution in [1.82, 2.24) is 0 Å². The van der Waals surface area contributed by atoms with E-state index in [2.05, 4.69) is 13.8 Å². The molecule has 94 valence electrons. The molecule has 2 heteroatoms. The van der Waals surface area contributed by atoms with Crippen molar-refractivity contribution < 1.29 is 4.39 Å². The van der Waals surface area contributed by atoms with E-state index in [1.807, 2.05) is 13.0 Å². The summed E-state index contributed by atoms with van der Waals surface area (Å²) >= 11 is 0. The van der Waals surface area contributed by atoms with Crippen LogP contribution in [0.1, 0.15) is 44.2 Å². The second-order valence-corrected chi connectivity index (χ2v) is 5.79. The monoisotopic (exact) mass is 235 g/mol. The molecule has 1 aliphatic rings. The van der Waals surface area contributed by atoms with E-state index in [0.717, 1.165) is 24.0 Å². The first-order chi connectivity index (χ1) is 7.93. The zero-order valence-corrected chi connectivity index (χ0v) is 11.0. The normalized spacial score (nSPS) is 33.7. The number of nitrogens with two attached hydrogens (primary N) is 1. The number of hydrogen-bond acceptors (Lipinski definition) is 1. The van der Waals surface area contributed by atoms with Gasteiger partial charge in [0, 0.05) is 5.54 Å². The van der Waals surface area contributed by atoms with Crippen LogP contribution >= 0.6 is 0 Å². The predicted molar refractivity (Wildman–Crippen MR) is 69.2 cm³/mol. The minimum atomic E-state index is -0.282. The Bertz CT molecular complexity index is 415. The summed E-state index contributed by atoms with van der Waals surface area (Å²) in [6, 6.07) is 5.00. The van der Waals surface area contributed by atoms with Gasteiger partial charge in [0.15, 0.2) is 0 Å². The highest BCUT2D eigenvalue weighted by Gasteiger charge is 2.39. The molecule has 0 saturated heterocycles. The Balaban J connectivity index is 2.42. The van der Waals surface area contributed by atoms with Crippen molar-refractivity contribution in [1.29, 1.82) is 0 Å². The van der Waals surface area contributed by atoms with Crippen LogP contribution in [0.5, 0.6) is 0 Å². The molecule has 0 bridgehead atoms. The van der Waals surface area contributed by atoms with Crippen LogP contribution in [0, 0.1) is 24.6 Å². The zero-order chi connectivity index (χ0) is 12.6. The maximum atomic E-state index is 13.2. The van der Waals surface area contributed by atoms with Crippen molar-refractivity contribution in [2.45, 2.75) is 45.6 Å². The van der Waals surface area contributed by atoms with Crippen LogP contribution < -0.4 is 5.73 Å². The average Bonchev–Trinajstić information content (AvgIpc) is 2.23. The Morgan fingerprint density at radius 3 is 2.65 bits per heavy atom. The molecule has 0 amide bonds. The van der Waals surface area contributed by atoms with Crippen LogP contribution in [0.3, 0.4) is 0 Å². The minimum Gasteiger partial charge on any atom is -0.321 e. The van der Waals surface area contributed by atoms with Gasteiger partial charge in [-0.2, -0.15) is 0 Å². The first kappa shape index (κ1) is 12.6. The van der Waals surface area contributed by atoms with Gasteiger partial charge in [0.2, 0.25) is 0 Å². The molecule has 3 atom stereocenters. The first-order valence-corrected chi connectivity index (χ1v) is 6.49. The van der Waals surface area contributed by atoms with E-state index in [9.17, 15) is 4.39 Å². The molecule has 1 aliphatic carbocycles. The predicted octanol–water partition coefficient (Wildman–Crippen LogP) is 3.74. The van der Waals surface area contributed by atoms with Gasteiger partial charge in [0.05, 0.1) is 0 Å². The SMILES string of the molecule is Cc1cc(F)ccc1C1(N)CC(C)CCC1C. The van der Waals surface area contributed by atoms with E-state index in [0.29, 0.717) is 11.8 Å². The van der Waals surface area contributed by atoms with Crippen molar-refractivity contribution in [3.05, 3.63) is 35.1 Å². The fourth-order valence-corrected chi connectivity index (χ4v) is 3.20. The molecule has 0 radical (unpaired) electrons. The topological polar surface area (TPSA) is 26.0 Å². The Labute approximate surface area is 103 Å². The standard InChI is InChI=1S/C15H22FN/c1-10-4-5-12(3)15(17,9-10)14-7-6-13(16)8-11(14)2/h6-8,10,12H,4-5,9,17H2,1-3H3. The van der Waals surface area contributed by atoms with E-state index < -0.39 is 0 Å². The third kappa shape index (κ3) is 2.23. The van der Waals surface area contributed by atoms with Gasteiger partial charge >= 0.3 is 0 Å². The maximum absolute atomic E-state index is 13.2. The molecule has 0 heterocycles. The van der Waals surface area contributed by atoms with Gasteiger partial charge in [0.1, 0.15) is 5.82 Å². The van der Waals surface area contributed by atoms with E-state index in [1.165, 1.54) is 12.5 Å². The molecule has 1 fully saturated rings. The molecule has 0 aliphatic heterocycles. The molecule has 1 aromatic rings. The third-order valence-electron chi connectivity index (χ3n) is 4.35. The summed E-state index contributed by atoms with van der Waals surface area (Å²) in [5.74, 6) is 0.940. The highest BCUT2D eigenvalue weighted by molar-refractivity contribution is 5.34. The lowest BCUT2D eigenvalue weighted by atomic mass is 9.66. The molecule has 1 nitrogen and oxygen atoms in total. The van der Waals surface area contributed by atoms with E-state index in [1.54, 1.807) is 6.07 Å². The molecule has 2 N–H and O–H groups in total. The van der Waals surface area contributed by atoms with E-state index >= 15 is 0 Å². The highest BCUT2D eigenvalue weighted by Crippen LogP contribution is 2.42. The summed E-state index contributed by atoms with van der Waals surface area (Å²) in [5.41, 5.74) is 8.46. The van der Waals surface area contributed by atoms with Crippen LogP contribution in [0.25, 0.3) is 0 Å². The average molecular weight is 235 g/mol. The number of hydrogen-bond donors (Lipinski definition) is 1. The Hall–Kier alpha value is -0.890. The first-order valence-electron chi connectivity index (χ1n) is 6.49. The molecule has 1 aromatic carbocycles. The Morgan fingerprint density at radius 1 is 1.29 bits per heavy atom. The number of halogens is 1. The fraction of sp³-hybridized carbons (Fsp3) is 0.600. The molecule has 17 heavy (non-hydrogen) atoms. The molecular formula is C15H22FN. The molecular weight excluding hydrogens is 213 g/mol. The van der Waals surface area contributed by atoms with Gasteiger partial charge in [-0.3, -0.25) is 0 Å². The van der Waals surface area contributed by atoms with Gasteiger partial charge in [-0.1, -0.05) is 26.3 Å². The lowest BCUT2D eigenvalue weighted by molar-refractivity contribution is 0.161. The van der Waals surface area contributed by atoms with Crippen molar-refractivity contribution in [2.24, 2.45) is 17.6 Å². The van der Waals surface area contributed by atoms with Gasteiger partial charge in [-0.05, 0) is 54.9 Å². The largest absolute Gasteiger partial charge is 0.321 e. The summed E-state index contributed by atoms with van der Waals surface area (Å²) in [6.07, 6.45) is 3.41. The maximum Gasteiger partial charge on any atom is 0.123 e. The van der Waals surface area contributed by atoms with Crippen molar-refractivity contribution >= 4 is 0 Å². The van der Waals surface area contributed by atoms with Gasteiger partial charge in [0.25, 0.3) is 0 Å². The minimum absolute atomic E-state index is 0.175. The second-order valence-electron chi connectivity index (χ2n) is 5.79. The van der Waals surface area contributed by atoms with Crippen molar-refractivity contribution in [3.8, 4) is 0 Å². The lowest BCUT2D eigenvalue weighted by Gasteiger charge is -2.43. The van der Waals surface area contributed by atoms with Crippen molar-refractivity contribution in [2.75, 3.05) is 0 Å². The van der Waals surface area contributed by atoms with Crippen LogP contribution in [-0.2, 0) is 5.54 Å². The third-order valence-corrected chi connectivity index (χ3v) is 4.35. The second kappa shape index (κ2) is 4.41. The quantitative estimate of drug-likeness (QED) is 0.788. The van der Waals surface area contributed by atoms with Crippen LogP contribution in [0.4, 0.5) is 4.39 Å². The van der Waals surface area contributed by atoms with Crippen LogP contribution in [-0.4, -0.2) is 0 Å². The lowest BCUT2D eigenvalue weighted by Crippen LogP contribution is -2.47. The number of aryl methyl sites for hydroxylation is 1.